The van der Waals surface area contributed by atoms with E-state index in [0.29, 0.717) is 17.9 Å². The number of nitrogens with one attached hydrogen (secondary N) is 1. The van der Waals surface area contributed by atoms with Crippen molar-refractivity contribution in [1.29, 1.82) is 0 Å². The van der Waals surface area contributed by atoms with Gasteiger partial charge in [0.2, 0.25) is 22.0 Å². The Labute approximate surface area is 204 Å². The van der Waals surface area contributed by atoms with E-state index in [1.54, 1.807) is 36.4 Å². The number of para-hydroxylation sites is 2. The summed E-state index contributed by atoms with van der Waals surface area (Å²) in [5, 5.41) is 0. The van der Waals surface area contributed by atoms with Crippen molar-refractivity contribution in [3.05, 3.63) is 90.0 Å². The molecule has 0 radical (unpaired) electrons. The van der Waals surface area contributed by atoms with Crippen LogP contribution in [0.15, 0.2) is 83.8 Å². The van der Waals surface area contributed by atoms with Gasteiger partial charge in [0.05, 0.1) is 24.2 Å². The second kappa shape index (κ2) is 10.7. The van der Waals surface area contributed by atoms with E-state index < -0.39 is 22.1 Å². The summed E-state index contributed by atoms with van der Waals surface area (Å²) in [6.45, 7) is 0.264. The zero-order valence-electron chi connectivity index (χ0n) is 19.2. The highest BCUT2D eigenvalue weighted by Gasteiger charge is 2.34. The fourth-order valence-electron chi connectivity index (χ4n) is 3.80. The van der Waals surface area contributed by atoms with E-state index >= 15 is 0 Å². The van der Waals surface area contributed by atoms with Crippen LogP contribution < -0.4 is 14.4 Å². The number of nitrogens with zero attached hydrogens (tertiary/aromatic N) is 1. The first kappa shape index (κ1) is 24.4. The number of methoxy groups -OCH3 is 1. The van der Waals surface area contributed by atoms with Crippen molar-refractivity contribution in [3.63, 3.8) is 0 Å². The average Bonchev–Trinajstić information content (AvgIpc) is 2.90. The molecule has 4 rings (SSSR count). The number of fused-ring (bicyclic) bond motifs is 1. The number of hydrogen-bond acceptors (Lipinski definition) is 6. The van der Waals surface area contributed by atoms with Gasteiger partial charge in [0, 0.05) is 13.0 Å². The number of anilines is 1. The number of benzene rings is 3. The lowest BCUT2D eigenvalue weighted by molar-refractivity contribution is -0.148. The molecule has 9 heteroatoms. The van der Waals surface area contributed by atoms with Crippen LogP contribution in [0.5, 0.6) is 5.75 Å². The molecule has 1 aliphatic heterocycles. The van der Waals surface area contributed by atoms with Gasteiger partial charge in [0.15, 0.2) is 0 Å². The number of amides is 1. The maximum atomic E-state index is 13.0. The third-order valence-corrected chi connectivity index (χ3v) is 7.13. The number of rotatable bonds is 8. The molecule has 0 aromatic heterocycles. The van der Waals surface area contributed by atoms with E-state index in [-0.39, 0.29) is 30.3 Å². The van der Waals surface area contributed by atoms with Gasteiger partial charge in [-0.15, -0.1) is 0 Å². The van der Waals surface area contributed by atoms with E-state index in [9.17, 15) is 18.0 Å². The number of esters is 1. The monoisotopic (exact) mass is 494 g/mol. The molecule has 0 fully saturated rings. The molecule has 0 bridgehead atoms. The molecule has 0 aliphatic carbocycles. The molecular formula is C26H26N2O6S. The summed E-state index contributed by atoms with van der Waals surface area (Å²) in [6.07, 6.45) is -0.300. The first-order valence-electron chi connectivity index (χ1n) is 11.1. The molecule has 0 saturated carbocycles. The summed E-state index contributed by atoms with van der Waals surface area (Å²) in [5.74, 6) is -0.272. The third-order valence-electron chi connectivity index (χ3n) is 5.71. The van der Waals surface area contributed by atoms with Crippen LogP contribution in [0.3, 0.4) is 0 Å². The van der Waals surface area contributed by atoms with Crippen molar-refractivity contribution in [2.24, 2.45) is 0 Å². The summed E-state index contributed by atoms with van der Waals surface area (Å²) in [4.78, 5) is 26.8. The summed E-state index contributed by atoms with van der Waals surface area (Å²) in [6, 6.07) is 22.8. The zero-order valence-corrected chi connectivity index (χ0v) is 20.0. The van der Waals surface area contributed by atoms with Gasteiger partial charge in [0.25, 0.3) is 0 Å². The lowest BCUT2D eigenvalue weighted by Gasteiger charge is -2.33. The van der Waals surface area contributed by atoms with Crippen LogP contribution in [-0.4, -0.2) is 40.1 Å². The Balaban J connectivity index is 1.39. The van der Waals surface area contributed by atoms with Crippen LogP contribution in [0.1, 0.15) is 17.5 Å². The van der Waals surface area contributed by atoms with Gasteiger partial charge in [-0.3, -0.25) is 4.79 Å². The predicted molar refractivity (Wildman–Crippen MR) is 130 cm³/mol. The average molecular weight is 495 g/mol. The van der Waals surface area contributed by atoms with Gasteiger partial charge in [-0.05, 0) is 41.8 Å². The van der Waals surface area contributed by atoms with Crippen molar-refractivity contribution in [2.45, 2.75) is 30.4 Å². The van der Waals surface area contributed by atoms with E-state index in [1.165, 1.54) is 24.1 Å². The molecule has 0 saturated heterocycles. The highest BCUT2D eigenvalue weighted by Crippen LogP contribution is 2.34. The maximum Gasteiger partial charge on any atom is 0.348 e. The van der Waals surface area contributed by atoms with Gasteiger partial charge in [-0.25, -0.2) is 17.9 Å². The molecule has 1 amide bonds. The largest absolute Gasteiger partial charge is 0.475 e. The maximum absolute atomic E-state index is 13.0. The molecule has 1 atom stereocenters. The van der Waals surface area contributed by atoms with Crippen LogP contribution in [-0.2, 0) is 37.3 Å². The van der Waals surface area contributed by atoms with E-state index in [4.69, 9.17) is 9.47 Å². The molecule has 1 heterocycles. The first-order chi connectivity index (χ1) is 16.9. The van der Waals surface area contributed by atoms with Crippen molar-refractivity contribution in [2.75, 3.05) is 18.6 Å². The number of sulfonamides is 1. The van der Waals surface area contributed by atoms with Crippen molar-refractivity contribution in [1.82, 2.24) is 4.72 Å². The van der Waals surface area contributed by atoms with Gasteiger partial charge in [-0.1, -0.05) is 54.6 Å². The Hall–Kier alpha value is -3.69. The molecule has 3 aromatic carbocycles. The van der Waals surface area contributed by atoms with Gasteiger partial charge >= 0.3 is 5.97 Å². The lowest BCUT2D eigenvalue weighted by Crippen LogP contribution is -2.47. The zero-order chi connectivity index (χ0) is 24.8. The van der Waals surface area contributed by atoms with Crippen molar-refractivity contribution in [3.8, 4) is 5.75 Å². The number of carbonyl (C=O) groups excluding carboxylic acids is 2. The Morgan fingerprint density at radius 2 is 1.66 bits per heavy atom. The second-order valence-corrected chi connectivity index (χ2v) is 9.82. The fraction of sp³-hybridized carbons (Fsp3) is 0.231. The Bertz CT molecular complexity index is 1290. The molecule has 3 aromatic rings. The molecule has 35 heavy (non-hydrogen) atoms. The smallest absolute Gasteiger partial charge is 0.348 e. The summed E-state index contributed by atoms with van der Waals surface area (Å²) >= 11 is 0. The topological polar surface area (TPSA) is 102 Å². The predicted octanol–water partition coefficient (Wildman–Crippen LogP) is 3.06. The molecule has 0 spiro atoms. The first-order valence-corrected chi connectivity index (χ1v) is 12.6. The minimum atomic E-state index is -3.66. The second-order valence-electron chi connectivity index (χ2n) is 8.06. The van der Waals surface area contributed by atoms with Crippen LogP contribution in [0, 0.1) is 0 Å². The van der Waals surface area contributed by atoms with E-state index in [2.05, 4.69) is 4.72 Å². The Morgan fingerprint density at radius 3 is 2.37 bits per heavy atom. The van der Waals surface area contributed by atoms with Crippen LogP contribution in [0.2, 0.25) is 0 Å². The molecular weight excluding hydrogens is 468 g/mol. The highest BCUT2D eigenvalue weighted by atomic mass is 32.2. The lowest BCUT2D eigenvalue weighted by atomic mass is 10.1. The number of carbonyl (C=O) groups is 2. The van der Waals surface area contributed by atoms with E-state index in [1.807, 2.05) is 30.3 Å². The summed E-state index contributed by atoms with van der Waals surface area (Å²) in [5.41, 5.74) is 2.29. The minimum absolute atomic E-state index is 0.0623. The van der Waals surface area contributed by atoms with Crippen molar-refractivity contribution >= 4 is 27.6 Å². The summed E-state index contributed by atoms with van der Waals surface area (Å²) < 4.78 is 38.3. The SMILES string of the molecule is COC(=O)[C@H]1CN(C(=O)CCc2ccc(S(=O)(=O)NCc3ccccc3)cc2)c2ccccc2O1. The van der Waals surface area contributed by atoms with Gasteiger partial charge in [-0.2, -0.15) is 0 Å². The van der Waals surface area contributed by atoms with Crippen LogP contribution in [0.25, 0.3) is 0 Å². The number of ether oxygens (including phenoxy) is 2. The fourth-order valence-corrected chi connectivity index (χ4v) is 4.82. The van der Waals surface area contributed by atoms with Crippen LogP contribution in [0.4, 0.5) is 5.69 Å². The Morgan fingerprint density at radius 1 is 0.971 bits per heavy atom. The standard InChI is InChI=1S/C26H26N2O6S/c1-33-26(30)24-18-28(22-9-5-6-10-23(22)34-24)25(29)16-13-19-11-14-21(15-12-19)35(31,32)27-17-20-7-3-2-4-8-20/h2-12,14-15,24,27H,13,16-18H2,1H3/t24-/m1/s1. The van der Waals surface area contributed by atoms with Crippen molar-refractivity contribution < 1.29 is 27.5 Å². The quantitative estimate of drug-likeness (QED) is 0.483. The molecule has 0 unspecified atom stereocenters. The number of hydrogen-bond donors (Lipinski definition) is 1. The highest BCUT2D eigenvalue weighted by molar-refractivity contribution is 7.89. The summed E-state index contributed by atoms with van der Waals surface area (Å²) in [7, 11) is -2.38. The molecule has 182 valence electrons. The molecule has 8 nitrogen and oxygen atoms in total. The molecule has 1 aliphatic rings. The van der Waals surface area contributed by atoms with E-state index in [0.717, 1.165) is 11.1 Å². The minimum Gasteiger partial charge on any atom is -0.475 e. The number of aryl methyl sites for hydroxylation is 1. The van der Waals surface area contributed by atoms with Gasteiger partial charge in [0.1, 0.15) is 5.75 Å². The van der Waals surface area contributed by atoms with Gasteiger partial charge < -0.3 is 14.4 Å². The van der Waals surface area contributed by atoms with Crippen LogP contribution >= 0.6 is 0 Å². The normalized spacial score (nSPS) is 15.1. The molecule has 1 N–H and O–H groups in total. The third kappa shape index (κ3) is 5.87. The Kier molecular flexibility index (Phi) is 7.48.